The number of benzene rings is 2. The van der Waals surface area contributed by atoms with Crippen molar-refractivity contribution < 1.29 is 19.0 Å². The van der Waals surface area contributed by atoms with Crippen LogP contribution in [0.2, 0.25) is 0 Å². The second-order valence-electron chi connectivity index (χ2n) is 5.69. The number of hydrogen-bond acceptors (Lipinski definition) is 5. The van der Waals surface area contributed by atoms with Gasteiger partial charge in [0.15, 0.2) is 0 Å². The van der Waals surface area contributed by atoms with Crippen molar-refractivity contribution in [2.45, 2.75) is 31.8 Å². The standard InChI is InChI=1S/C20H24O4S/c1-6-22-17-11-18(25-5)19(16-10-8-7-9-15(16)17)23-12-14(4)24-20(21)13(2)3/h7-11,14H,2,6,12H2,1,3-5H3. The molecule has 134 valence electrons. The molecular formula is C20H24O4S. The maximum Gasteiger partial charge on any atom is 0.333 e. The van der Waals surface area contributed by atoms with Gasteiger partial charge in [-0.2, -0.15) is 0 Å². The first-order chi connectivity index (χ1) is 12.0. The Morgan fingerprint density at radius 2 is 1.92 bits per heavy atom. The average molecular weight is 360 g/mol. The van der Waals surface area contributed by atoms with Gasteiger partial charge >= 0.3 is 5.97 Å². The number of hydrogen-bond donors (Lipinski definition) is 0. The zero-order valence-electron chi connectivity index (χ0n) is 15.1. The smallest absolute Gasteiger partial charge is 0.333 e. The molecule has 1 atom stereocenters. The number of esters is 1. The molecule has 0 saturated carbocycles. The van der Waals surface area contributed by atoms with Crippen LogP contribution in [0.3, 0.4) is 0 Å². The first kappa shape index (κ1) is 19.2. The van der Waals surface area contributed by atoms with Crippen LogP contribution in [-0.2, 0) is 9.53 Å². The highest BCUT2D eigenvalue weighted by Crippen LogP contribution is 2.41. The minimum absolute atomic E-state index is 0.268. The van der Waals surface area contributed by atoms with E-state index in [1.165, 1.54) is 0 Å². The molecule has 0 bridgehead atoms. The van der Waals surface area contributed by atoms with Gasteiger partial charge < -0.3 is 14.2 Å². The molecular weight excluding hydrogens is 336 g/mol. The van der Waals surface area contributed by atoms with Crippen molar-refractivity contribution in [2.24, 2.45) is 0 Å². The molecule has 0 amide bonds. The minimum atomic E-state index is -0.405. The lowest BCUT2D eigenvalue weighted by Gasteiger charge is -2.19. The van der Waals surface area contributed by atoms with E-state index in [4.69, 9.17) is 14.2 Å². The third kappa shape index (κ3) is 4.69. The highest BCUT2D eigenvalue weighted by Gasteiger charge is 2.16. The Hall–Kier alpha value is -2.14. The van der Waals surface area contributed by atoms with Gasteiger partial charge in [0, 0.05) is 16.3 Å². The van der Waals surface area contributed by atoms with Gasteiger partial charge in [0.1, 0.15) is 24.2 Å². The Balaban J connectivity index is 2.29. The van der Waals surface area contributed by atoms with Gasteiger partial charge in [0.25, 0.3) is 0 Å². The lowest BCUT2D eigenvalue weighted by Crippen LogP contribution is -2.22. The van der Waals surface area contributed by atoms with Crippen LogP contribution in [-0.4, -0.2) is 31.5 Å². The van der Waals surface area contributed by atoms with Crippen LogP contribution in [0.5, 0.6) is 11.5 Å². The van der Waals surface area contributed by atoms with E-state index in [1.54, 1.807) is 25.6 Å². The molecule has 0 saturated heterocycles. The zero-order valence-corrected chi connectivity index (χ0v) is 15.9. The molecule has 25 heavy (non-hydrogen) atoms. The maximum absolute atomic E-state index is 11.6. The molecule has 2 rings (SSSR count). The molecule has 0 spiro atoms. The lowest BCUT2D eigenvalue weighted by atomic mass is 10.1. The summed E-state index contributed by atoms with van der Waals surface area (Å²) in [6.07, 6.45) is 1.63. The van der Waals surface area contributed by atoms with E-state index in [1.807, 2.05) is 43.5 Å². The molecule has 0 aliphatic heterocycles. The van der Waals surface area contributed by atoms with E-state index in [2.05, 4.69) is 6.58 Å². The molecule has 5 heteroatoms. The molecule has 2 aromatic rings. The topological polar surface area (TPSA) is 44.8 Å². The minimum Gasteiger partial charge on any atom is -0.493 e. The van der Waals surface area contributed by atoms with Crippen molar-refractivity contribution in [3.05, 3.63) is 42.5 Å². The predicted octanol–water partition coefficient (Wildman–Crippen LogP) is 4.85. The van der Waals surface area contributed by atoms with Crippen LogP contribution in [0.1, 0.15) is 20.8 Å². The Morgan fingerprint density at radius 1 is 1.24 bits per heavy atom. The quantitative estimate of drug-likeness (QED) is 0.383. The van der Waals surface area contributed by atoms with Crippen LogP contribution >= 0.6 is 11.8 Å². The molecule has 4 nitrogen and oxygen atoms in total. The number of fused-ring (bicyclic) bond motifs is 1. The molecule has 0 radical (unpaired) electrons. The summed E-state index contributed by atoms with van der Waals surface area (Å²) in [6.45, 7) is 9.86. The number of thioether (sulfide) groups is 1. The average Bonchev–Trinajstić information content (AvgIpc) is 2.60. The van der Waals surface area contributed by atoms with Gasteiger partial charge in [-0.05, 0) is 33.1 Å². The molecule has 0 aliphatic rings. The van der Waals surface area contributed by atoms with Crippen LogP contribution in [0.25, 0.3) is 10.8 Å². The Kier molecular flexibility index (Phi) is 6.76. The lowest BCUT2D eigenvalue weighted by molar-refractivity contribution is -0.144. The summed E-state index contributed by atoms with van der Waals surface area (Å²) < 4.78 is 17.1. The largest absolute Gasteiger partial charge is 0.493 e. The third-order valence-corrected chi connectivity index (χ3v) is 4.31. The van der Waals surface area contributed by atoms with Crippen molar-refractivity contribution in [3.63, 3.8) is 0 Å². The highest BCUT2D eigenvalue weighted by molar-refractivity contribution is 7.98. The van der Waals surface area contributed by atoms with E-state index < -0.39 is 5.97 Å². The van der Waals surface area contributed by atoms with E-state index in [-0.39, 0.29) is 12.7 Å². The highest BCUT2D eigenvalue weighted by atomic mass is 32.2. The summed E-state index contributed by atoms with van der Waals surface area (Å²) in [5.41, 5.74) is 0.378. The number of carbonyl (C=O) groups is 1. The predicted molar refractivity (Wildman–Crippen MR) is 103 cm³/mol. The van der Waals surface area contributed by atoms with Gasteiger partial charge in [0.05, 0.1) is 11.5 Å². The van der Waals surface area contributed by atoms with Gasteiger partial charge in [-0.15, -0.1) is 11.8 Å². The van der Waals surface area contributed by atoms with E-state index >= 15 is 0 Å². The second-order valence-corrected chi connectivity index (χ2v) is 6.54. The SMILES string of the molecule is C=C(C)C(=O)OC(C)COc1c(SC)cc(OCC)c2ccccc12. The van der Waals surface area contributed by atoms with E-state index in [0.29, 0.717) is 12.2 Å². The zero-order chi connectivity index (χ0) is 18.4. The van der Waals surface area contributed by atoms with Gasteiger partial charge in [0.2, 0.25) is 0 Å². The fourth-order valence-electron chi connectivity index (χ4n) is 2.38. The van der Waals surface area contributed by atoms with Crippen molar-refractivity contribution >= 4 is 28.5 Å². The normalized spacial score (nSPS) is 11.8. The summed E-state index contributed by atoms with van der Waals surface area (Å²) in [6, 6.07) is 9.97. The molecule has 0 aromatic heterocycles. The Morgan fingerprint density at radius 3 is 2.52 bits per heavy atom. The molecule has 0 N–H and O–H groups in total. The summed E-state index contributed by atoms with van der Waals surface area (Å²) in [7, 11) is 0. The monoisotopic (exact) mass is 360 g/mol. The molecule has 1 unspecified atom stereocenters. The van der Waals surface area contributed by atoms with Crippen LogP contribution in [0.4, 0.5) is 0 Å². The maximum atomic E-state index is 11.6. The van der Waals surface area contributed by atoms with Crippen molar-refractivity contribution in [1.82, 2.24) is 0 Å². The fourth-order valence-corrected chi connectivity index (χ4v) is 2.96. The summed E-state index contributed by atoms with van der Waals surface area (Å²) >= 11 is 1.59. The Labute approximate surface area is 153 Å². The molecule has 0 aliphatic carbocycles. The summed E-state index contributed by atoms with van der Waals surface area (Å²) in [5, 5.41) is 1.99. The van der Waals surface area contributed by atoms with Crippen LogP contribution < -0.4 is 9.47 Å². The number of rotatable bonds is 8. The van der Waals surface area contributed by atoms with Gasteiger partial charge in [-0.3, -0.25) is 0 Å². The van der Waals surface area contributed by atoms with E-state index in [0.717, 1.165) is 27.2 Å². The summed E-state index contributed by atoms with van der Waals surface area (Å²) in [5.74, 6) is 1.22. The molecule has 0 heterocycles. The van der Waals surface area contributed by atoms with Crippen molar-refractivity contribution in [3.8, 4) is 11.5 Å². The molecule has 2 aromatic carbocycles. The Bertz CT molecular complexity index is 770. The first-order valence-electron chi connectivity index (χ1n) is 8.19. The third-order valence-electron chi connectivity index (χ3n) is 3.56. The first-order valence-corrected chi connectivity index (χ1v) is 9.42. The fraction of sp³-hybridized carbons (Fsp3) is 0.350. The summed E-state index contributed by atoms with van der Waals surface area (Å²) in [4.78, 5) is 12.6. The number of ether oxygens (including phenoxy) is 3. The van der Waals surface area contributed by atoms with Gasteiger partial charge in [-0.25, -0.2) is 4.79 Å². The van der Waals surface area contributed by atoms with Crippen LogP contribution in [0.15, 0.2) is 47.4 Å². The van der Waals surface area contributed by atoms with E-state index in [9.17, 15) is 4.79 Å². The van der Waals surface area contributed by atoms with Gasteiger partial charge in [-0.1, -0.05) is 30.8 Å². The van der Waals surface area contributed by atoms with Crippen molar-refractivity contribution in [1.29, 1.82) is 0 Å². The number of carbonyl (C=O) groups excluding carboxylic acids is 1. The second kappa shape index (κ2) is 8.81. The molecule has 0 fully saturated rings. The van der Waals surface area contributed by atoms with Crippen LogP contribution in [0, 0.1) is 0 Å². The van der Waals surface area contributed by atoms with Crippen molar-refractivity contribution in [2.75, 3.05) is 19.5 Å².